The van der Waals surface area contributed by atoms with Crippen LogP contribution in [0.4, 0.5) is 4.79 Å². The zero-order valence-electron chi connectivity index (χ0n) is 14.5. The first kappa shape index (κ1) is 19.8. The highest BCUT2D eigenvalue weighted by Gasteiger charge is 2.33. The van der Waals surface area contributed by atoms with E-state index >= 15 is 0 Å². The van der Waals surface area contributed by atoms with Crippen molar-refractivity contribution in [3.63, 3.8) is 0 Å². The van der Waals surface area contributed by atoms with Crippen LogP contribution in [0.25, 0.3) is 0 Å². The van der Waals surface area contributed by atoms with E-state index in [1.54, 1.807) is 17.9 Å². The Morgan fingerprint density at radius 2 is 2.04 bits per heavy atom. The molecule has 1 fully saturated rings. The second kappa shape index (κ2) is 9.24. The van der Waals surface area contributed by atoms with E-state index in [-0.39, 0.29) is 36.8 Å². The maximum atomic E-state index is 12.4. The topological polar surface area (TPSA) is 84.5 Å². The third kappa shape index (κ3) is 4.54. The SMILES string of the molecule is CCOC(=O)c1cc([C@@H]2CCCN2C(=O)OCc2ccccc2)[nH]n1.Cl. The zero-order chi connectivity index (χ0) is 17.6. The average molecular weight is 380 g/mol. The Morgan fingerprint density at radius 3 is 2.77 bits per heavy atom. The number of H-pyrrole nitrogens is 1. The van der Waals surface area contributed by atoms with Crippen LogP contribution in [-0.4, -0.2) is 40.3 Å². The largest absolute Gasteiger partial charge is 0.461 e. The molecule has 0 spiro atoms. The van der Waals surface area contributed by atoms with Crippen molar-refractivity contribution in [1.82, 2.24) is 15.1 Å². The molecule has 8 heteroatoms. The summed E-state index contributed by atoms with van der Waals surface area (Å²) in [5, 5.41) is 6.83. The zero-order valence-corrected chi connectivity index (χ0v) is 15.3. The molecule has 0 aliphatic carbocycles. The van der Waals surface area contributed by atoms with E-state index in [4.69, 9.17) is 9.47 Å². The van der Waals surface area contributed by atoms with Crippen LogP contribution in [0, 0.1) is 0 Å². The minimum Gasteiger partial charge on any atom is -0.461 e. The molecule has 1 aromatic carbocycles. The number of nitrogens with zero attached hydrogens (tertiary/aromatic N) is 2. The maximum Gasteiger partial charge on any atom is 0.410 e. The molecule has 1 aliphatic rings. The summed E-state index contributed by atoms with van der Waals surface area (Å²) in [5.74, 6) is -0.471. The average Bonchev–Trinajstić information content (AvgIpc) is 3.29. The predicted octanol–water partition coefficient (Wildman–Crippen LogP) is 3.48. The number of rotatable bonds is 5. The Balaban J connectivity index is 0.00000243. The second-order valence-electron chi connectivity index (χ2n) is 5.82. The van der Waals surface area contributed by atoms with Crippen LogP contribution in [0.2, 0.25) is 0 Å². The first-order valence-corrected chi connectivity index (χ1v) is 8.38. The van der Waals surface area contributed by atoms with Gasteiger partial charge in [-0.2, -0.15) is 5.10 Å². The number of carbonyl (C=O) groups is 2. The fourth-order valence-corrected chi connectivity index (χ4v) is 2.93. The van der Waals surface area contributed by atoms with Gasteiger partial charge < -0.3 is 9.47 Å². The maximum absolute atomic E-state index is 12.4. The van der Waals surface area contributed by atoms with E-state index in [1.165, 1.54) is 0 Å². The third-order valence-corrected chi connectivity index (χ3v) is 4.13. The van der Waals surface area contributed by atoms with Crippen molar-refractivity contribution in [2.24, 2.45) is 0 Å². The van der Waals surface area contributed by atoms with Crippen molar-refractivity contribution in [3.8, 4) is 0 Å². The lowest BCUT2D eigenvalue weighted by molar-refractivity contribution is 0.0519. The summed E-state index contributed by atoms with van der Waals surface area (Å²) in [6.07, 6.45) is 1.31. The van der Waals surface area contributed by atoms with E-state index in [9.17, 15) is 9.59 Å². The van der Waals surface area contributed by atoms with Crippen LogP contribution in [0.1, 0.15) is 47.6 Å². The summed E-state index contributed by atoms with van der Waals surface area (Å²) in [7, 11) is 0. The molecular formula is C18H22ClN3O4. The van der Waals surface area contributed by atoms with Gasteiger partial charge in [0.25, 0.3) is 0 Å². The molecule has 1 N–H and O–H groups in total. The molecule has 1 aliphatic heterocycles. The second-order valence-corrected chi connectivity index (χ2v) is 5.82. The number of aromatic amines is 1. The molecule has 0 bridgehead atoms. The highest BCUT2D eigenvalue weighted by atomic mass is 35.5. The Hall–Kier alpha value is -2.54. The molecule has 1 aromatic heterocycles. The van der Waals surface area contributed by atoms with Crippen LogP contribution in [-0.2, 0) is 16.1 Å². The van der Waals surface area contributed by atoms with Crippen LogP contribution >= 0.6 is 12.4 Å². The number of likely N-dealkylation sites (tertiary alicyclic amines) is 1. The van der Waals surface area contributed by atoms with Gasteiger partial charge in [0.15, 0.2) is 5.69 Å². The summed E-state index contributed by atoms with van der Waals surface area (Å²) in [4.78, 5) is 25.8. The Kier molecular flexibility index (Phi) is 7.03. The summed E-state index contributed by atoms with van der Waals surface area (Å²) in [5.41, 5.74) is 1.89. The predicted molar refractivity (Wildman–Crippen MR) is 97.1 cm³/mol. The fourth-order valence-electron chi connectivity index (χ4n) is 2.93. The number of nitrogens with one attached hydrogen (secondary N) is 1. The van der Waals surface area contributed by atoms with Gasteiger partial charge in [-0.3, -0.25) is 10.00 Å². The monoisotopic (exact) mass is 379 g/mol. The molecule has 2 heterocycles. The van der Waals surface area contributed by atoms with Crippen LogP contribution in [0.15, 0.2) is 36.4 Å². The lowest BCUT2D eigenvalue weighted by atomic mass is 10.1. The first-order chi connectivity index (χ1) is 12.2. The smallest absolute Gasteiger partial charge is 0.410 e. The normalized spacial score (nSPS) is 16.0. The van der Waals surface area contributed by atoms with E-state index in [0.29, 0.717) is 13.2 Å². The summed E-state index contributed by atoms with van der Waals surface area (Å²) >= 11 is 0. The Bertz CT molecular complexity index is 735. The van der Waals surface area contributed by atoms with Gasteiger partial charge in [-0.25, -0.2) is 9.59 Å². The molecule has 26 heavy (non-hydrogen) atoms. The molecule has 1 amide bonds. The summed E-state index contributed by atoms with van der Waals surface area (Å²) in [6.45, 7) is 2.89. The van der Waals surface area contributed by atoms with Gasteiger partial charge in [0.1, 0.15) is 6.61 Å². The number of amides is 1. The molecule has 1 saturated heterocycles. The Morgan fingerprint density at radius 1 is 1.27 bits per heavy atom. The van der Waals surface area contributed by atoms with Gasteiger partial charge in [0, 0.05) is 6.54 Å². The van der Waals surface area contributed by atoms with Gasteiger partial charge >= 0.3 is 12.1 Å². The number of hydrogen-bond donors (Lipinski definition) is 1. The first-order valence-electron chi connectivity index (χ1n) is 8.38. The molecule has 3 rings (SSSR count). The van der Waals surface area contributed by atoms with Crippen LogP contribution < -0.4 is 0 Å². The number of carbonyl (C=O) groups excluding carboxylic acids is 2. The number of halogens is 1. The summed E-state index contributed by atoms with van der Waals surface area (Å²) < 4.78 is 10.4. The molecule has 0 unspecified atom stereocenters. The molecule has 1 atom stereocenters. The highest BCUT2D eigenvalue weighted by Crippen LogP contribution is 2.31. The summed E-state index contributed by atoms with van der Waals surface area (Å²) in [6, 6.07) is 11.0. The van der Waals surface area contributed by atoms with Crippen molar-refractivity contribution in [2.75, 3.05) is 13.2 Å². The van der Waals surface area contributed by atoms with Crippen molar-refractivity contribution < 1.29 is 19.1 Å². The molecular weight excluding hydrogens is 358 g/mol. The highest BCUT2D eigenvalue weighted by molar-refractivity contribution is 5.87. The van der Waals surface area contributed by atoms with Crippen LogP contribution in [0.5, 0.6) is 0 Å². The van der Waals surface area contributed by atoms with E-state index in [1.807, 2.05) is 30.3 Å². The van der Waals surface area contributed by atoms with E-state index in [2.05, 4.69) is 10.2 Å². The van der Waals surface area contributed by atoms with Crippen molar-refractivity contribution in [1.29, 1.82) is 0 Å². The van der Waals surface area contributed by atoms with E-state index in [0.717, 1.165) is 24.1 Å². The molecule has 0 radical (unpaired) electrons. The van der Waals surface area contributed by atoms with Gasteiger partial charge in [0.2, 0.25) is 0 Å². The Labute approximate surface area is 158 Å². The van der Waals surface area contributed by atoms with Gasteiger partial charge in [-0.05, 0) is 31.4 Å². The minimum atomic E-state index is -0.471. The van der Waals surface area contributed by atoms with Gasteiger partial charge in [-0.15, -0.1) is 12.4 Å². The van der Waals surface area contributed by atoms with Crippen molar-refractivity contribution in [3.05, 3.63) is 53.3 Å². The number of esters is 1. The van der Waals surface area contributed by atoms with Gasteiger partial charge in [0.05, 0.1) is 18.3 Å². The van der Waals surface area contributed by atoms with Crippen molar-refractivity contribution in [2.45, 2.75) is 32.4 Å². The third-order valence-electron chi connectivity index (χ3n) is 4.13. The molecule has 2 aromatic rings. The quantitative estimate of drug-likeness (QED) is 0.804. The molecule has 0 saturated carbocycles. The fraction of sp³-hybridized carbons (Fsp3) is 0.389. The standard InChI is InChI=1S/C18H21N3O4.ClH/c1-2-24-17(22)15-11-14(19-20-15)16-9-6-10-21(16)18(23)25-12-13-7-4-3-5-8-13;/h3-5,7-8,11,16H,2,6,9-10,12H2,1H3,(H,19,20);1H/t16-;/m0./s1. The van der Waals surface area contributed by atoms with Gasteiger partial charge in [-0.1, -0.05) is 30.3 Å². The van der Waals surface area contributed by atoms with Crippen LogP contribution in [0.3, 0.4) is 0 Å². The minimum absolute atomic E-state index is 0. The number of benzene rings is 1. The van der Waals surface area contributed by atoms with E-state index < -0.39 is 5.97 Å². The lowest BCUT2D eigenvalue weighted by Gasteiger charge is -2.23. The molecule has 140 valence electrons. The van der Waals surface area contributed by atoms with Crippen molar-refractivity contribution >= 4 is 24.5 Å². The number of ether oxygens (including phenoxy) is 2. The lowest BCUT2D eigenvalue weighted by Crippen LogP contribution is -2.31. The molecule has 7 nitrogen and oxygen atoms in total. The number of aromatic nitrogens is 2. The number of hydrogen-bond acceptors (Lipinski definition) is 5.